The van der Waals surface area contributed by atoms with Crippen molar-refractivity contribution in [3.05, 3.63) is 42.5 Å². The zero-order chi connectivity index (χ0) is 21.9. The van der Waals surface area contributed by atoms with Gasteiger partial charge in [-0.1, -0.05) is 51.5 Å². The first-order chi connectivity index (χ1) is 15.2. The number of unbranched alkanes of at least 4 members (excludes halogenated alkanes) is 6. The lowest BCUT2D eigenvalue weighted by Crippen LogP contribution is -2.25. The molecule has 6 heteroatoms. The van der Waals surface area contributed by atoms with Gasteiger partial charge in [-0.25, -0.2) is 4.98 Å². The molecule has 2 heterocycles. The number of aryl methyl sites for hydroxylation is 1. The van der Waals surface area contributed by atoms with Crippen molar-refractivity contribution >= 4 is 11.7 Å². The van der Waals surface area contributed by atoms with E-state index in [1.54, 1.807) is 6.20 Å². The summed E-state index contributed by atoms with van der Waals surface area (Å²) in [4.78, 5) is 17.5. The largest absolute Gasteiger partial charge is 0.494 e. The van der Waals surface area contributed by atoms with Crippen LogP contribution in [0.15, 0.2) is 36.9 Å². The van der Waals surface area contributed by atoms with Crippen molar-refractivity contribution in [1.29, 1.82) is 0 Å². The van der Waals surface area contributed by atoms with Crippen molar-refractivity contribution in [1.82, 2.24) is 9.55 Å². The zero-order valence-corrected chi connectivity index (χ0v) is 18.8. The van der Waals surface area contributed by atoms with Crippen LogP contribution in [0.2, 0.25) is 0 Å². The fraction of sp³-hybridized carbons (Fsp3) is 0.600. The molecule has 0 aliphatic carbocycles. The summed E-state index contributed by atoms with van der Waals surface area (Å²) in [5, 5.41) is 9.14. The fourth-order valence-electron chi connectivity index (χ4n) is 4.36. The Balaban J connectivity index is 1.54. The van der Waals surface area contributed by atoms with Gasteiger partial charge in [-0.05, 0) is 24.5 Å². The van der Waals surface area contributed by atoms with Gasteiger partial charge in [-0.3, -0.25) is 4.79 Å². The van der Waals surface area contributed by atoms with Gasteiger partial charge in [-0.2, -0.15) is 0 Å². The first kappa shape index (κ1) is 23.2. The van der Waals surface area contributed by atoms with E-state index in [0.717, 1.165) is 44.0 Å². The second-order valence-electron chi connectivity index (χ2n) is 8.57. The Morgan fingerprint density at radius 2 is 1.97 bits per heavy atom. The van der Waals surface area contributed by atoms with E-state index in [-0.39, 0.29) is 6.42 Å². The van der Waals surface area contributed by atoms with Crippen LogP contribution in [0.4, 0.5) is 5.69 Å². The van der Waals surface area contributed by atoms with Crippen LogP contribution in [0, 0.1) is 0 Å². The number of carboxylic acids is 1. The highest BCUT2D eigenvalue weighted by molar-refractivity contribution is 5.69. The van der Waals surface area contributed by atoms with Crippen molar-refractivity contribution < 1.29 is 14.6 Å². The van der Waals surface area contributed by atoms with Crippen molar-refractivity contribution in [3.63, 3.8) is 0 Å². The molecule has 0 amide bonds. The SMILES string of the molecule is CCCCCCCCCOc1ccc2c(c1)N(CCC(=O)O)CC2CCn1ccnc1. The van der Waals surface area contributed by atoms with E-state index in [1.165, 1.54) is 44.1 Å². The summed E-state index contributed by atoms with van der Waals surface area (Å²) in [6.07, 6.45) is 15.7. The van der Waals surface area contributed by atoms with Gasteiger partial charge < -0.3 is 19.3 Å². The number of aliphatic carboxylic acids is 1. The van der Waals surface area contributed by atoms with Gasteiger partial charge in [0.05, 0.1) is 19.4 Å². The van der Waals surface area contributed by atoms with E-state index in [4.69, 9.17) is 9.84 Å². The maximum absolute atomic E-state index is 11.1. The molecular formula is C25H37N3O3. The highest BCUT2D eigenvalue weighted by Crippen LogP contribution is 2.40. The molecule has 1 aromatic carbocycles. The van der Waals surface area contributed by atoms with Crippen LogP contribution >= 0.6 is 0 Å². The fourth-order valence-corrected chi connectivity index (χ4v) is 4.36. The molecule has 0 bridgehead atoms. The number of hydrogen-bond donors (Lipinski definition) is 1. The van der Waals surface area contributed by atoms with Crippen LogP contribution in [0.1, 0.15) is 76.2 Å². The maximum Gasteiger partial charge on any atom is 0.305 e. The lowest BCUT2D eigenvalue weighted by atomic mass is 9.98. The molecule has 1 N–H and O–H groups in total. The van der Waals surface area contributed by atoms with Gasteiger partial charge in [0.2, 0.25) is 0 Å². The molecule has 0 saturated heterocycles. The van der Waals surface area contributed by atoms with E-state index < -0.39 is 5.97 Å². The third-order valence-corrected chi connectivity index (χ3v) is 6.13. The first-order valence-electron chi connectivity index (χ1n) is 11.9. The molecule has 31 heavy (non-hydrogen) atoms. The van der Waals surface area contributed by atoms with Gasteiger partial charge in [0, 0.05) is 49.7 Å². The highest BCUT2D eigenvalue weighted by atomic mass is 16.5. The Morgan fingerprint density at radius 3 is 2.71 bits per heavy atom. The molecule has 1 atom stereocenters. The quantitative estimate of drug-likeness (QED) is 0.381. The van der Waals surface area contributed by atoms with Crippen molar-refractivity contribution in [2.75, 3.05) is 24.6 Å². The molecule has 1 aromatic heterocycles. The summed E-state index contributed by atoms with van der Waals surface area (Å²) in [5.74, 6) is 0.526. The molecular weight excluding hydrogens is 390 g/mol. The monoisotopic (exact) mass is 427 g/mol. The third-order valence-electron chi connectivity index (χ3n) is 6.13. The minimum atomic E-state index is -0.755. The van der Waals surface area contributed by atoms with E-state index in [9.17, 15) is 4.79 Å². The standard InChI is InChI=1S/C25H37N3O3/c1-2-3-4-5-6-7-8-17-31-22-9-10-23-21(11-14-27-16-13-26-20-27)19-28(24(23)18-22)15-12-25(29)30/h9-10,13,16,18,20-21H,2-8,11-12,14-15,17,19H2,1H3,(H,29,30). The average molecular weight is 428 g/mol. The molecule has 3 rings (SSSR count). The second kappa shape index (κ2) is 12.4. The topological polar surface area (TPSA) is 67.6 Å². The molecule has 1 unspecified atom stereocenters. The number of anilines is 1. The van der Waals surface area contributed by atoms with E-state index in [2.05, 4.69) is 39.6 Å². The number of carbonyl (C=O) groups is 1. The molecule has 0 saturated carbocycles. The number of fused-ring (bicyclic) bond motifs is 1. The van der Waals surface area contributed by atoms with Gasteiger partial charge in [0.1, 0.15) is 5.75 Å². The van der Waals surface area contributed by atoms with Gasteiger partial charge >= 0.3 is 5.97 Å². The highest BCUT2D eigenvalue weighted by Gasteiger charge is 2.29. The third kappa shape index (κ3) is 7.30. The Morgan fingerprint density at radius 1 is 1.16 bits per heavy atom. The Labute approximate surface area is 186 Å². The van der Waals surface area contributed by atoms with Crippen LogP contribution in [0.3, 0.4) is 0 Å². The van der Waals surface area contributed by atoms with Gasteiger partial charge in [0.15, 0.2) is 0 Å². The summed E-state index contributed by atoms with van der Waals surface area (Å²) in [6.45, 7) is 5.29. The van der Waals surface area contributed by atoms with Crippen molar-refractivity contribution in [2.24, 2.45) is 0 Å². The van der Waals surface area contributed by atoms with Crippen LogP contribution in [0.25, 0.3) is 0 Å². The van der Waals surface area contributed by atoms with Gasteiger partial charge in [0.25, 0.3) is 0 Å². The Hall–Kier alpha value is -2.50. The number of nitrogens with zero attached hydrogens (tertiary/aromatic N) is 3. The lowest BCUT2D eigenvalue weighted by molar-refractivity contribution is -0.136. The smallest absolute Gasteiger partial charge is 0.305 e. The number of ether oxygens (including phenoxy) is 1. The number of carboxylic acid groups (broad SMARTS) is 1. The van der Waals surface area contributed by atoms with Crippen LogP contribution in [-0.2, 0) is 11.3 Å². The number of hydrogen-bond acceptors (Lipinski definition) is 4. The molecule has 1 aliphatic rings. The zero-order valence-electron chi connectivity index (χ0n) is 18.8. The molecule has 0 fully saturated rings. The summed E-state index contributed by atoms with van der Waals surface area (Å²) in [7, 11) is 0. The first-order valence-corrected chi connectivity index (χ1v) is 11.9. The Bertz CT molecular complexity index is 791. The number of aromatic nitrogens is 2. The van der Waals surface area contributed by atoms with E-state index >= 15 is 0 Å². The molecule has 0 radical (unpaired) electrons. The lowest BCUT2D eigenvalue weighted by Gasteiger charge is -2.19. The Kier molecular flexibility index (Phi) is 9.25. The molecule has 170 valence electrons. The van der Waals surface area contributed by atoms with Crippen molar-refractivity contribution in [3.8, 4) is 5.75 Å². The summed E-state index contributed by atoms with van der Waals surface area (Å²) in [5.41, 5.74) is 2.43. The minimum Gasteiger partial charge on any atom is -0.494 e. The van der Waals surface area contributed by atoms with Crippen LogP contribution < -0.4 is 9.64 Å². The molecule has 1 aliphatic heterocycles. The minimum absolute atomic E-state index is 0.150. The summed E-state index contributed by atoms with van der Waals surface area (Å²) in [6, 6.07) is 6.36. The van der Waals surface area contributed by atoms with Gasteiger partial charge in [-0.15, -0.1) is 0 Å². The second-order valence-corrected chi connectivity index (χ2v) is 8.57. The average Bonchev–Trinajstić information content (AvgIpc) is 3.40. The molecule has 0 spiro atoms. The van der Waals surface area contributed by atoms with Crippen LogP contribution in [0.5, 0.6) is 5.75 Å². The normalized spacial score (nSPS) is 15.3. The molecule has 6 nitrogen and oxygen atoms in total. The number of benzene rings is 1. The van der Waals surface area contributed by atoms with E-state index in [1.807, 2.05) is 12.5 Å². The predicted molar refractivity (Wildman–Crippen MR) is 124 cm³/mol. The number of imidazole rings is 1. The van der Waals surface area contributed by atoms with Crippen molar-refractivity contribution in [2.45, 2.75) is 77.2 Å². The molecule has 2 aromatic rings. The summed E-state index contributed by atoms with van der Waals surface area (Å²) < 4.78 is 8.13. The number of rotatable bonds is 15. The van der Waals surface area contributed by atoms with Crippen LogP contribution in [-0.4, -0.2) is 40.3 Å². The summed E-state index contributed by atoms with van der Waals surface area (Å²) >= 11 is 0. The van der Waals surface area contributed by atoms with E-state index in [0.29, 0.717) is 12.5 Å². The maximum atomic E-state index is 11.1. The predicted octanol–water partition coefficient (Wildman–Crippen LogP) is 5.48.